The molecule has 0 spiro atoms. The number of hydrogen-bond donors (Lipinski definition) is 3. The molecule has 0 aromatic carbocycles. The second-order valence-corrected chi connectivity index (χ2v) is 5.56. The van der Waals surface area contributed by atoms with E-state index in [2.05, 4.69) is 10.6 Å². The summed E-state index contributed by atoms with van der Waals surface area (Å²) in [5, 5.41) is 14.4. The summed E-state index contributed by atoms with van der Waals surface area (Å²) in [6, 6.07) is 0.219. The molecule has 122 valence electrons. The van der Waals surface area contributed by atoms with Crippen molar-refractivity contribution in [1.29, 1.82) is 0 Å². The van der Waals surface area contributed by atoms with Crippen LogP contribution in [0.2, 0.25) is 0 Å². The number of amides is 2. The molecule has 0 aliphatic rings. The molecule has 0 aromatic heterocycles. The van der Waals surface area contributed by atoms with Crippen molar-refractivity contribution < 1.29 is 14.7 Å². The van der Waals surface area contributed by atoms with E-state index in [4.69, 9.17) is 5.11 Å². The van der Waals surface area contributed by atoms with Crippen molar-refractivity contribution in [2.24, 2.45) is 0 Å². The maximum atomic E-state index is 11.7. The van der Waals surface area contributed by atoms with E-state index in [1.165, 1.54) is 6.92 Å². The number of aliphatic hydroxyl groups excluding tert-OH is 1. The standard InChI is InChI=1S/C16H30N2O3/c1-13(17-15(3)20)10-11-14(2)18-16(21)9-7-5-4-6-8-12-19/h7,9,13-14,19H,4-6,8,10-12H2,1-3H3,(H,17,20)(H,18,21). The molecule has 0 fully saturated rings. The van der Waals surface area contributed by atoms with Gasteiger partial charge in [0.05, 0.1) is 0 Å². The Morgan fingerprint density at radius 3 is 2.24 bits per heavy atom. The highest BCUT2D eigenvalue weighted by Gasteiger charge is 2.08. The fourth-order valence-corrected chi connectivity index (χ4v) is 2.02. The van der Waals surface area contributed by atoms with Gasteiger partial charge in [-0.25, -0.2) is 0 Å². The average Bonchev–Trinajstić information content (AvgIpc) is 2.39. The number of nitrogens with one attached hydrogen (secondary N) is 2. The summed E-state index contributed by atoms with van der Waals surface area (Å²) < 4.78 is 0. The SMILES string of the molecule is CC(=O)NC(C)CCC(C)NC(=O)C=CCCCCCO. The van der Waals surface area contributed by atoms with E-state index >= 15 is 0 Å². The Hall–Kier alpha value is -1.36. The zero-order valence-electron chi connectivity index (χ0n) is 13.5. The summed E-state index contributed by atoms with van der Waals surface area (Å²) in [6.45, 7) is 5.67. The third-order valence-electron chi connectivity index (χ3n) is 3.17. The molecule has 3 N–H and O–H groups in total. The molecule has 0 aliphatic carbocycles. The normalized spacial score (nSPS) is 13.9. The Labute approximate surface area is 128 Å². The van der Waals surface area contributed by atoms with Gasteiger partial charge in [-0.1, -0.05) is 12.5 Å². The number of unbranched alkanes of at least 4 members (excludes halogenated alkanes) is 3. The van der Waals surface area contributed by atoms with Crippen LogP contribution in [0.1, 0.15) is 59.3 Å². The third kappa shape index (κ3) is 13.4. The number of allylic oxidation sites excluding steroid dienone is 1. The highest BCUT2D eigenvalue weighted by atomic mass is 16.2. The van der Waals surface area contributed by atoms with Gasteiger partial charge in [-0.2, -0.15) is 0 Å². The molecule has 21 heavy (non-hydrogen) atoms. The largest absolute Gasteiger partial charge is 0.396 e. The van der Waals surface area contributed by atoms with Gasteiger partial charge in [0.15, 0.2) is 0 Å². The molecule has 0 saturated heterocycles. The van der Waals surface area contributed by atoms with Gasteiger partial charge in [0.25, 0.3) is 0 Å². The van der Waals surface area contributed by atoms with Gasteiger partial charge >= 0.3 is 0 Å². The van der Waals surface area contributed by atoms with E-state index in [0.29, 0.717) is 0 Å². The molecule has 0 heterocycles. The highest BCUT2D eigenvalue weighted by Crippen LogP contribution is 2.02. The predicted molar refractivity (Wildman–Crippen MR) is 84.8 cm³/mol. The highest BCUT2D eigenvalue weighted by molar-refractivity contribution is 5.87. The van der Waals surface area contributed by atoms with Crippen LogP contribution in [-0.2, 0) is 9.59 Å². The van der Waals surface area contributed by atoms with Crippen molar-refractivity contribution in [3.63, 3.8) is 0 Å². The van der Waals surface area contributed by atoms with Crippen LogP contribution in [0.5, 0.6) is 0 Å². The number of rotatable bonds is 11. The fraction of sp³-hybridized carbons (Fsp3) is 0.750. The molecule has 5 heteroatoms. The van der Waals surface area contributed by atoms with Crippen molar-refractivity contribution in [2.75, 3.05) is 6.61 Å². The maximum absolute atomic E-state index is 11.7. The van der Waals surface area contributed by atoms with Gasteiger partial charge in [-0.15, -0.1) is 0 Å². The van der Waals surface area contributed by atoms with E-state index in [0.717, 1.165) is 38.5 Å². The van der Waals surface area contributed by atoms with Crippen molar-refractivity contribution >= 4 is 11.8 Å². The smallest absolute Gasteiger partial charge is 0.243 e. The lowest BCUT2D eigenvalue weighted by Gasteiger charge is -2.16. The first-order chi connectivity index (χ1) is 9.95. The molecule has 0 rings (SSSR count). The second kappa shape index (κ2) is 12.4. The first kappa shape index (κ1) is 19.6. The summed E-state index contributed by atoms with van der Waals surface area (Å²) >= 11 is 0. The van der Waals surface area contributed by atoms with Crippen LogP contribution in [0.3, 0.4) is 0 Å². The van der Waals surface area contributed by atoms with Crippen LogP contribution >= 0.6 is 0 Å². The second-order valence-electron chi connectivity index (χ2n) is 5.56. The van der Waals surface area contributed by atoms with Gasteiger partial charge in [-0.05, 0) is 52.0 Å². The summed E-state index contributed by atoms with van der Waals surface area (Å²) in [7, 11) is 0. The van der Waals surface area contributed by atoms with Crippen LogP contribution in [0.25, 0.3) is 0 Å². The molecule has 0 saturated carbocycles. The average molecular weight is 298 g/mol. The molecule has 2 amide bonds. The molecule has 5 nitrogen and oxygen atoms in total. The minimum absolute atomic E-state index is 0.0247. The van der Waals surface area contributed by atoms with Gasteiger partial charge in [-0.3, -0.25) is 9.59 Å². The van der Waals surface area contributed by atoms with Gasteiger partial charge < -0.3 is 15.7 Å². The lowest BCUT2D eigenvalue weighted by Crippen LogP contribution is -2.35. The summed E-state index contributed by atoms with van der Waals surface area (Å²) in [5.41, 5.74) is 0. The van der Waals surface area contributed by atoms with Gasteiger partial charge in [0.2, 0.25) is 11.8 Å². The minimum Gasteiger partial charge on any atom is -0.396 e. The molecular formula is C16H30N2O3. The third-order valence-corrected chi connectivity index (χ3v) is 3.17. The molecular weight excluding hydrogens is 268 g/mol. The fourth-order valence-electron chi connectivity index (χ4n) is 2.02. The van der Waals surface area contributed by atoms with Crippen LogP contribution < -0.4 is 10.6 Å². The van der Waals surface area contributed by atoms with E-state index in [1.54, 1.807) is 6.08 Å². The first-order valence-corrected chi connectivity index (χ1v) is 7.80. The van der Waals surface area contributed by atoms with E-state index < -0.39 is 0 Å². The monoisotopic (exact) mass is 298 g/mol. The van der Waals surface area contributed by atoms with E-state index in [-0.39, 0.29) is 30.5 Å². The Morgan fingerprint density at radius 2 is 1.67 bits per heavy atom. The lowest BCUT2D eigenvalue weighted by molar-refractivity contribution is -0.120. The summed E-state index contributed by atoms with van der Waals surface area (Å²) in [6.07, 6.45) is 8.79. The summed E-state index contributed by atoms with van der Waals surface area (Å²) in [4.78, 5) is 22.5. The molecule has 2 atom stereocenters. The Balaban J connectivity index is 3.73. The Bertz CT molecular complexity index is 329. The lowest BCUT2D eigenvalue weighted by atomic mass is 10.1. The van der Waals surface area contributed by atoms with E-state index in [1.807, 2.05) is 19.9 Å². The van der Waals surface area contributed by atoms with Crippen molar-refractivity contribution in [3.05, 3.63) is 12.2 Å². The topological polar surface area (TPSA) is 78.4 Å². The molecule has 0 aliphatic heterocycles. The first-order valence-electron chi connectivity index (χ1n) is 7.80. The van der Waals surface area contributed by atoms with Gasteiger partial charge in [0, 0.05) is 25.6 Å². The predicted octanol–water partition coefficient (Wildman–Crippen LogP) is 1.90. The quantitative estimate of drug-likeness (QED) is 0.403. The molecule has 2 unspecified atom stereocenters. The van der Waals surface area contributed by atoms with Crippen LogP contribution in [0.15, 0.2) is 12.2 Å². The number of carbonyl (C=O) groups excluding carboxylic acids is 2. The number of aliphatic hydroxyl groups is 1. The summed E-state index contributed by atoms with van der Waals surface area (Å²) in [5.74, 6) is -0.0971. The molecule has 0 aromatic rings. The van der Waals surface area contributed by atoms with Crippen LogP contribution in [0, 0.1) is 0 Å². The van der Waals surface area contributed by atoms with Crippen molar-refractivity contribution in [2.45, 2.75) is 71.4 Å². The minimum atomic E-state index is -0.0724. The van der Waals surface area contributed by atoms with Crippen LogP contribution in [0.4, 0.5) is 0 Å². The van der Waals surface area contributed by atoms with Crippen molar-refractivity contribution in [1.82, 2.24) is 10.6 Å². The maximum Gasteiger partial charge on any atom is 0.243 e. The van der Waals surface area contributed by atoms with Gasteiger partial charge in [0.1, 0.15) is 0 Å². The number of carbonyl (C=O) groups is 2. The zero-order chi connectivity index (χ0) is 16.1. The number of hydrogen-bond acceptors (Lipinski definition) is 3. The Kier molecular flexibility index (Phi) is 11.6. The Morgan fingerprint density at radius 1 is 1.05 bits per heavy atom. The zero-order valence-corrected chi connectivity index (χ0v) is 13.5. The molecule has 0 bridgehead atoms. The molecule has 0 radical (unpaired) electrons. The van der Waals surface area contributed by atoms with Crippen molar-refractivity contribution in [3.8, 4) is 0 Å². The van der Waals surface area contributed by atoms with Crippen LogP contribution in [-0.4, -0.2) is 35.6 Å². The van der Waals surface area contributed by atoms with E-state index in [9.17, 15) is 9.59 Å².